The number of aliphatic imine (C=N–C) groups is 2. The van der Waals surface area contributed by atoms with Gasteiger partial charge in [0.15, 0.2) is 6.17 Å². The zero-order valence-electron chi connectivity index (χ0n) is 30.7. The Morgan fingerprint density at radius 1 is 0.554 bits per heavy atom. The number of nitrogens with two attached hydrogens (primary N) is 1. The molecule has 10 rings (SSSR count). The Morgan fingerprint density at radius 3 is 1.91 bits per heavy atom. The summed E-state index contributed by atoms with van der Waals surface area (Å²) >= 11 is 0. The summed E-state index contributed by atoms with van der Waals surface area (Å²) in [6.45, 7) is 0. The van der Waals surface area contributed by atoms with Crippen molar-refractivity contribution in [3.8, 4) is 16.8 Å². The van der Waals surface area contributed by atoms with Gasteiger partial charge in [0.25, 0.3) is 0 Å². The van der Waals surface area contributed by atoms with E-state index >= 15 is 0 Å². The van der Waals surface area contributed by atoms with Crippen molar-refractivity contribution in [1.29, 1.82) is 0 Å². The van der Waals surface area contributed by atoms with Crippen LogP contribution in [0, 0.1) is 0 Å². The summed E-state index contributed by atoms with van der Waals surface area (Å²) in [7, 11) is 0. The number of rotatable bonds is 8. The van der Waals surface area contributed by atoms with Crippen molar-refractivity contribution in [3.05, 3.63) is 245 Å². The predicted octanol–water partition coefficient (Wildman–Crippen LogP) is 11.7. The van der Waals surface area contributed by atoms with Crippen LogP contribution in [0.4, 0.5) is 0 Å². The Bertz CT molecular complexity index is 2870. The van der Waals surface area contributed by atoms with E-state index in [0.717, 1.165) is 33.4 Å². The summed E-state index contributed by atoms with van der Waals surface area (Å²) in [5, 5.41) is 2.45. The Kier molecular flexibility index (Phi) is 8.23. The summed E-state index contributed by atoms with van der Waals surface area (Å²) in [4.78, 5) is 10.0. The second kappa shape index (κ2) is 13.8. The smallest absolute Gasteiger partial charge is 0.167 e. The first-order valence-corrected chi connectivity index (χ1v) is 19.1. The molecule has 1 unspecified atom stereocenters. The predicted molar refractivity (Wildman–Crippen MR) is 232 cm³/mol. The minimum atomic E-state index is -0.558. The van der Waals surface area contributed by atoms with E-state index in [2.05, 4.69) is 150 Å². The fraction of sp³-hybridized carbons (Fsp3) is 0.0385. The average Bonchev–Trinajstić information content (AvgIpc) is 3.77. The second-order valence-corrected chi connectivity index (χ2v) is 14.3. The highest BCUT2D eigenvalue weighted by Crippen LogP contribution is 2.58. The molecule has 0 aliphatic heterocycles. The SMILES string of the molecule is NC(=NC(N=Cc1ccccc1)c1cccc(-n2c3ccccc3c3c4c(ccc32)C(c2ccccc2)(c2ccccc2)c2ccccc2-4)c1)c1ccccc1. The Hall–Kier alpha value is -7.30. The molecule has 4 heteroatoms. The number of para-hydroxylation sites is 1. The Morgan fingerprint density at radius 2 is 1.18 bits per heavy atom. The molecule has 0 fully saturated rings. The Balaban J connectivity index is 1.20. The molecule has 0 amide bonds. The minimum Gasteiger partial charge on any atom is -0.383 e. The van der Waals surface area contributed by atoms with Crippen LogP contribution < -0.4 is 5.73 Å². The number of hydrogen-bond donors (Lipinski definition) is 1. The monoisotopic (exact) mass is 718 g/mol. The van der Waals surface area contributed by atoms with Crippen LogP contribution >= 0.6 is 0 Å². The lowest BCUT2D eigenvalue weighted by molar-refractivity contribution is 0.769. The van der Waals surface area contributed by atoms with Crippen molar-refractivity contribution < 1.29 is 0 Å². The van der Waals surface area contributed by atoms with Crippen molar-refractivity contribution in [3.63, 3.8) is 0 Å². The van der Waals surface area contributed by atoms with Gasteiger partial charge in [0.05, 0.1) is 16.4 Å². The van der Waals surface area contributed by atoms with Gasteiger partial charge in [-0.25, -0.2) is 4.99 Å². The number of benzene rings is 8. The van der Waals surface area contributed by atoms with E-state index in [9.17, 15) is 0 Å². The molecule has 0 saturated carbocycles. The molecule has 0 radical (unpaired) electrons. The van der Waals surface area contributed by atoms with Gasteiger partial charge in [-0.15, -0.1) is 0 Å². The first-order valence-electron chi connectivity index (χ1n) is 19.1. The van der Waals surface area contributed by atoms with Crippen LogP contribution in [-0.2, 0) is 5.41 Å². The maximum absolute atomic E-state index is 6.65. The molecule has 56 heavy (non-hydrogen) atoms. The molecule has 4 nitrogen and oxygen atoms in total. The van der Waals surface area contributed by atoms with Crippen molar-refractivity contribution in [2.45, 2.75) is 11.6 Å². The second-order valence-electron chi connectivity index (χ2n) is 14.3. The summed E-state index contributed by atoms with van der Waals surface area (Å²) in [6, 6.07) is 73.0. The highest BCUT2D eigenvalue weighted by Gasteiger charge is 2.47. The molecule has 9 aromatic rings. The molecule has 1 aliphatic rings. The molecule has 2 N–H and O–H groups in total. The van der Waals surface area contributed by atoms with E-state index in [-0.39, 0.29) is 0 Å². The molecular formula is C52H38N4. The third kappa shape index (κ3) is 5.38. The first kappa shape index (κ1) is 33.3. The van der Waals surface area contributed by atoms with Gasteiger partial charge in [-0.05, 0) is 63.2 Å². The van der Waals surface area contributed by atoms with Gasteiger partial charge in [0, 0.05) is 33.8 Å². The third-order valence-electron chi connectivity index (χ3n) is 11.2. The van der Waals surface area contributed by atoms with E-state index in [1.54, 1.807) is 0 Å². The van der Waals surface area contributed by atoms with Crippen LogP contribution in [0.1, 0.15) is 45.1 Å². The van der Waals surface area contributed by atoms with E-state index in [0.29, 0.717) is 5.84 Å². The largest absolute Gasteiger partial charge is 0.383 e. The quantitative estimate of drug-likeness (QED) is 0.123. The van der Waals surface area contributed by atoms with E-state index in [1.165, 1.54) is 44.2 Å². The molecular weight excluding hydrogens is 681 g/mol. The zero-order valence-corrected chi connectivity index (χ0v) is 30.7. The lowest BCUT2D eigenvalue weighted by atomic mass is 9.67. The van der Waals surface area contributed by atoms with Gasteiger partial charge in [0.1, 0.15) is 5.84 Å². The molecule has 8 aromatic carbocycles. The van der Waals surface area contributed by atoms with Crippen LogP contribution in [0.5, 0.6) is 0 Å². The van der Waals surface area contributed by atoms with Crippen LogP contribution in [0.25, 0.3) is 38.6 Å². The van der Waals surface area contributed by atoms with Crippen molar-refractivity contribution in [2.75, 3.05) is 0 Å². The standard InChI is InChI=1S/C52H38N4/c53-50(37-20-7-2-8-21-37)55-51(54-35-36-18-5-1-6-19-36)38-22-17-27-41(34-38)56-46-31-16-14-29-43(46)49-47(56)33-32-45-48(49)42-28-13-15-30-44(42)52(45,39-23-9-3-10-24-39)40-25-11-4-12-26-40/h1-35,51H,(H2,53,55). The molecule has 0 spiro atoms. The van der Waals surface area contributed by atoms with Gasteiger partial charge in [-0.3, -0.25) is 4.99 Å². The molecule has 1 atom stereocenters. The number of fused-ring (bicyclic) bond motifs is 7. The van der Waals surface area contributed by atoms with E-state index in [1.807, 2.05) is 66.9 Å². The van der Waals surface area contributed by atoms with Crippen molar-refractivity contribution in [1.82, 2.24) is 4.57 Å². The molecule has 1 aromatic heterocycles. The number of amidine groups is 1. The maximum Gasteiger partial charge on any atom is 0.167 e. The fourth-order valence-corrected chi connectivity index (χ4v) is 8.80. The van der Waals surface area contributed by atoms with Gasteiger partial charge in [0.2, 0.25) is 0 Å². The molecule has 1 heterocycles. The third-order valence-corrected chi connectivity index (χ3v) is 11.2. The van der Waals surface area contributed by atoms with Crippen LogP contribution in [0.2, 0.25) is 0 Å². The highest BCUT2D eigenvalue weighted by atomic mass is 15.0. The van der Waals surface area contributed by atoms with Crippen molar-refractivity contribution >= 4 is 33.9 Å². The molecule has 1 aliphatic carbocycles. The number of nitrogens with zero attached hydrogens (tertiary/aromatic N) is 3. The normalized spacial score (nSPS) is 13.9. The van der Waals surface area contributed by atoms with Gasteiger partial charge < -0.3 is 10.3 Å². The number of hydrogen-bond acceptors (Lipinski definition) is 2. The van der Waals surface area contributed by atoms with Gasteiger partial charge in [-0.2, -0.15) is 0 Å². The lowest BCUT2D eigenvalue weighted by Gasteiger charge is -2.33. The molecule has 0 bridgehead atoms. The van der Waals surface area contributed by atoms with Gasteiger partial charge >= 0.3 is 0 Å². The summed E-state index contributed by atoms with van der Waals surface area (Å²) in [5.74, 6) is 0.442. The fourth-order valence-electron chi connectivity index (χ4n) is 8.80. The summed E-state index contributed by atoms with van der Waals surface area (Å²) in [6.07, 6.45) is 1.32. The average molecular weight is 719 g/mol. The van der Waals surface area contributed by atoms with E-state index in [4.69, 9.17) is 15.7 Å². The summed E-state index contributed by atoms with van der Waals surface area (Å²) in [5.41, 5.74) is 19.9. The van der Waals surface area contributed by atoms with Crippen LogP contribution in [-0.4, -0.2) is 16.6 Å². The lowest BCUT2D eigenvalue weighted by Crippen LogP contribution is -2.28. The first-order chi connectivity index (χ1) is 27.7. The molecule has 0 saturated heterocycles. The van der Waals surface area contributed by atoms with Crippen molar-refractivity contribution in [2.24, 2.45) is 15.7 Å². The summed E-state index contributed by atoms with van der Waals surface area (Å²) < 4.78 is 2.39. The number of aromatic nitrogens is 1. The van der Waals surface area contributed by atoms with Crippen LogP contribution in [0.3, 0.4) is 0 Å². The van der Waals surface area contributed by atoms with Gasteiger partial charge in [-0.1, -0.05) is 182 Å². The zero-order chi connectivity index (χ0) is 37.5. The highest BCUT2D eigenvalue weighted by molar-refractivity contribution is 6.18. The van der Waals surface area contributed by atoms with E-state index < -0.39 is 11.6 Å². The van der Waals surface area contributed by atoms with Crippen LogP contribution in [0.15, 0.2) is 216 Å². The minimum absolute atomic E-state index is 0.442. The maximum atomic E-state index is 6.65. The Labute approximate surface area is 326 Å². The molecule has 266 valence electrons. The topological polar surface area (TPSA) is 55.7 Å².